The van der Waals surface area contributed by atoms with Gasteiger partial charge in [0.15, 0.2) is 23.6 Å². The van der Waals surface area contributed by atoms with E-state index in [1.807, 2.05) is 4.90 Å². The first kappa shape index (κ1) is 32.5. The van der Waals surface area contributed by atoms with E-state index < -0.39 is 47.5 Å². The van der Waals surface area contributed by atoms with Crippen LogP contribution in [0, 0.1) is 34.9 Å². The Morgan fingerprint density at radius 1 is 1.00 bits per heavy atom. The van der Waals surface area contributed by atoms with E-state index in [-0.39, 0.29) is 42.2 Å². The van der Waals surface area contributed by atoms with Gasteiger partial charge in [-0.2, -0.15) is 13.2 Å². The number of aromatic nitrogens is 2. The molecule has 11 nitrogen and oxygen atoms in total. The van der Waals surface area contributed by atoms with Gasteiger partial charge in [-0.3, -0.25) is 23.6 Å². The fraction of sp³-hybridized carbons (Fsp3) is 0.647. The van der Waals surface area contributed by atoms with Crippen LogP contribution < -0.4 is 26.5 Å². The van der Waals surface area contributed by atoms with Crippen LogP contribution in [0.25, 0.3) is 0 Å². The van der Waals surface area contributed by atoms with E-state index in [9.17, 15) is 36.7 Å². The third kappa shape index (κ3) is 5.38. The molecule has 0 spiro atoms. The van der Waals surface area contributed by atoms with E-state index in [1.165, 1.54) is 19.2 Å². The molecule has 15 heteroatoms. The number of anilines is 2. The van der Waals surface area contributed by atoms with Crippen LogP contribution in [0.4, 0.5) is 29.1 Å². The van der Waals surface area contributed by atoms with Gasteiger partial charge < -0.3 is 15.1 Å². The summed E-state index contributed by atoms with van der Waals surface area (Å²) in [6, 6.07) is 5.61. The first-order valence-electron chi connectivity index (χ1n) is 17.3. The van der Waals surface area contributed by atoms with Crippen molar-refractivity contribution in [2.24, 2.45) is 36.1 Å². The molecule has 6 fully saturated rings. The molecule has 49 heavy (non-hydrogen) atoms. The van der Waals surface area contributed by atoms with E-state index in [2.05, 4.69) is 5.32 Å². The summed E-state index contributed by atoms with van der Waals surface area (Å²) in [6.07, 6.45) is 0.0000564. The summed E-state index contributed by atoms with van der Waals surface area (Å²) >= 11 is 0. The molecule has 4 heterocycles. The molecular weight excluding hydrogens is 648 g/mol. The van der Waals surface area contributed by atoms with Crippen molar-refractivity contribution in [2.45, 2.75) is 76.4 Å². The maximum atomic E-state index is 14.6. The van der Waals surface area contributed by atoms with Gasteiger partial charge in [0.2, 0.25) is 0 Å². The second kappa shape index (κ2) is 11.7. The Balaban J connectivity index is 1.22. The lowest BCUT2D eigenvalue weighted by atomic mass is 9.48. The number of halogens is 4. The number of hydrogen-bond acceptors (Lipinski definition) is 9. The minimum Gasteiger partial charge on any atom is -0.328 e. The maximum absolute atomic E-state index is 14.6. The molecule has 1 aromatic carbocycles. The topological polar surface area (TPSA) is 109 Å². The van der Waals surface area contributed by atoms with Crippen molar-refractivity contribution in [3.8, 4) is 0 Å². The van der Waals surface area contributed by atoms with E-state index in [0.29, 0.717) is 43.0 Å². The number of benzene rings is 1. The summed E-state index contributed by atoms with van der Waals surface area (Å²) in [7, 11) is 1.31. The average molecular weight is 689 g/mol. The molecular formula is C34H40F4N6O5. The monoisotopic (exact) mass is 688 g/mol. The summed E-state index contributed by atoms with van der Waals surface area (Å²) in [6.45, 7) is 1.29. The molecule has 3 aliphatic heterocycles. The minimum atomic E-state index is -5.35. The number of Topliss-reactive ketones (excluding diaryl/α,β-unsaturated/α-hetero) is 1. The Kier molecular flexibility index (Phi) is 7.74. The SMILES string of the molecule is Cn1c2c(c(=O)n(CC(=O)C34CC5CC(CC(C5)C3)C4)c1=O)N(CCc1ccc(F)cc1)C(N1CCC3CNCC31)N2OC(=O)C(F)(F)F. The summed E-state index contributed by atoms with van der Waals surface area (Å²) in [5.41, 5.74) is -1.72. The van der Waals surface area contributed by atoms with Crippen LogP contribution in [-0.2, 0) is 34.4 Å². The summed E-state index contributed by atoms with van der Waals surface area (Å²) in [5.74, 6) is -1.80. The summed E-state index contributed by atoms with van der Waals surface area (Å²) in [4.78, 5) is 63.7. The smallest absolute Gasteiger partial charge is 0.328 e. The van der Waals surface area contributed by atoms with Gasteiger partial charge in [0, 0.05) is 38.1 Å². The zero-order valence-corrected chi connectivity index (χ0v) is 27.3. The Morgan fingerprint density at radius 3 is 2.29 bits per heavy atom. The zero-order chi connectivity index (χ0) is 34.4. The highest BCUT2D eigenvalue weighted by Crippen LogP contribution is 2.60. The molecule has 4 bridgehead atoms. The number of nitrogens with zero attached hydrogens (tertiary/aromatic N) is 5. The number of nitrogens with one attached hydrogen (secondary N) is 1. The summed E-state index contributed by atoms with van der Waals surface area (Å²) in [5, 5.41) is 4.07. The van der Waals surface area contributed by atoms with Crippen molar-refractivity contribution in [3.05, 3.63) is 56.5 Å². The van der Waals surface area contributed by atoms with Crippen LogP contribution in [0.5, 0.6) is 0 Å². The van der Waals surface area contributed by atoms with Gasteiger partial charge in [-0.1, -0.05) is 12.1 Å². The van der Waals surface area contributed by atoms with Crippen molar-refractivity contribution in [2.75, 3.05) is 36.1 Å². The van der Waals surface area contributed by atoms with Gasteiger partial charge in [-0.05, 0) is 99.3 Å². The molecule has 7 aliphatic rings. The van der Waals surface area contributed by atoms with Gasteiger partial charge in [-0.25, -0.2) is 14.0 Å². The number of hydrogen-bond donors (Lipinski definition) is 1. The van der Waals surface area contributed by atoms with Gasteiger partial charge >= 0.3 is 17.8 Å². The van der Waals surface area contributed by atoms with Gasteiger partial charge in [0.05, 0.1) is 6.54 Å². The third-order valence-electron chi connectivity index (χ3n) is 12.2. The first-order chi connectivity index (χ1) is 23.3. The average Bonchev–Trinajstić information content (AvgIpc) is 3.75. The van der Waals surface area contributed by atoms with E-state index in [4.69, 9.17) is 4.84 Å². The van der Waals surface area contributed by atoms with Crippen molar-refractivity contribution in [1.29, 1.82) is 0 Å². The largest absolute Gasteiger partial charge is 0.493 e. The highest BCUT2D eigenvalue weighted by atomic mass is 19.4. The van der Waals surface area contributed by atoms with Crippen LogP contribution in [-0.4, -0.2) is 70.5 Å². The second-order valence-corrected chi connectivity index (χ2v) is 15.2. The van der Waals surface area contributed by atoms with E-state index in [1.54, 1.807) is 17.0 Å². The van der Waals surface area contributed by atoms with Gasteiger partial charge in [0.25, 0.3) is 5.56 Å². The fourth-order valence-corrected chi connectivity index (χ4v) is 10.3. The molecule has 1 aromatic heterocycles. The lowest BCUT2D eigenvalue weighted by Crippen LogP contribution is -2.59. The molecule has 3 unspecified atom stereocenters. The Bertz CT molecular complexity index is 1760. The predicted octanol–water partition coefficient (Wildman–Crippen LogP) is 2.94. The molecule has 0 radical (unpaired) electrons. The number of alkyl halides is 3. The van der Waals surface area contributed by atoms with Gasteiger partial charge in [-0.15, -0.1) is 5.06 Å². The Labute approximate surface area is 279 Å². The zero-order valence-electron chi connectivity index (χ0n) is 27.3. The number of hydroxylamine groups is 1. The molecule has 0 amide bonds. The van der Waals surface area contributed by atoms with E-state index >= 15 is 0 Å². The van der Waals surface area contributed by atoms with Crippen LogP contribution in [0.2, 0.25) is 0 Å². The molecule has 4 aliphatic carbocycles. The molecule has 2 saturated heterocycles. The quantitative estimate of drug-likeness (QED) is 0.419. The molecule has 9 rings (SSSR count). The first-order valence-corrected chi connectivity index (χ1v) is 17.3. The van der Waals surface area contributed by atoms with E-state index in [0.717, 1.165) is 59.1 Å². The fourth-order valence-electron chi connectivity index (χ4n) is 10.3. The maximum Gasteiger partial charge on any atom is 0.493 e. The van der Waals surface area contributed by atoms with Crippen molar-refractivity contribution in [1.82, 2.24) is 19.4 Å². The number of carbonyl (C=O) groups excluding carboxylic acids is 2. The number of rotatable bonds is 8. The second-order valence-electron chi connectivity index (χ2n) is 15.2. The molecule has 4 saturated carbocycles. The van der Waals surface area contributed by atoms with Crippen molar-refractivity contribution in [3.63, 3.8) is 0 Å². The van der Waals surface area contributed by atoms with Crippen molar-refractivity contribution < 1.29 is 32.0 Å². The number of fused-ring (bicyclic) bond motifs is 2. The van der Waals surface area contributed by atoms with Crippen LogP contribution in [0.3, 0.4) is 0 Å². The molecule has 1 N–H and O–H groups in total. The number of ketones is 1. The van der Waals surface area contributed by atoms with Crippen LogP contribution in [0.1, 0.15) is 50.5 Å². The van der Waals surface area contributed by atoms with Crippen LogP contribution in [0.15, 0.2) is 33.9 Å². The third-order valence-corrected chi connectivity index (χ3v) is 12.2. The molecule has 264 valence electrons. The lowest BCUT2D eigenvalue weighted by molar-refractivity contribution is -0.203. The standard InChI is InChI=1S/C34H40F4N6O5/c1-40-28-27(29(46)43(32(40)48)18-26(45)33-13-20-10-21(14-33)12-22(11-20)15-33)42(8-6-19-2-4-24(35)5-3-19)31(44(28)49-30(47)34(36,37)38)41-9-7-23-16-39-17-25(23)41/h2-5,20-23,25,31,39H,6-18H2,1H3. The Hall–Kier alpha value is -3.72. The highest BCUT2D eigenvalue weighted by molar-refractivity contribution is 5.85. The molecule has 3 atom stereocenters. The van der Waals surface area contributed by atoms with Crippen molar-refractivity contribution >= 4 is 23.3 Å². The lowest BCUT2D eigenvalue weighted by Gasteiger charge is -2.56. The minimum absolute atomic E-state index is 0.0566. The number of likely N-dealkylation sites (tertiary alicyclic amines) is 1. The van der Waals surface area contributed by atoms with Gasteiger partial charge in [0.1, 0.15) is 5.82 Å². The summed E-state index contributed by atoms with van der Waals surface area (Å²) < 4.78 is 56.8. The molecule has 2 aromatic rings. The highest BCUT2D eigenvalue weighted by Gasteiger charge is 2.56. The normalized spacial score (nSPS) is 31.8. The van der Waals surface area contributed by atoms with Crippen LogP contribution >= 0.6 is 0 Å². The Morgan fingerprint density at radius 2 is 1.65 bits per heavy atom. The predicted molar refractivity (Wildman–Crippen MR) is 169 cm³/mol. The number of carbonyl (C=O) groups is 2.